The maximum atomic E-state index is 13.4. The van der Waals surface area contributed by atoms with E-state index < -0.39 is 5.54 Å². The van der Waals surface area contributed by atoms with Crippen LogP contribution in [0.1, 0.15) is 43.2 Å². The number of nitrogens with zero attached hydrogens (tertiary/aromatic N) is 3. The highest BCUT2D eigenvalue weighted by Gasteiger charge is 2.50. The molecule has 1 aromatic carbocycles. The van der Waals surface area contributed by atoms with Crippen LogP contribution in [0, 0.1) is 5.92 Å². The molecule has 30 heavy (non-hydrogen) atoms. The highest BCUT2D eigenvalue weighted by molar-refractivity contribution is 6.07. The fourth-order valence-electron chi connectivity index (χ4n) is 4.88. The zero-order valence-electron chi connectivity index (χ0n) is 17.4. The lowest BCUT2D eigenvalue weighted by Crippen LogP contribution is -2.42. The molecule has 4 rings (SSSR count). The first kappa shape index (κ1) is 20.1. The minimum Gasteiger partial charge on any atom is -0.381 e. The van der Waals surface area contributed by atoms with Gasteiger partial charge in [-0.2, -0.15) is 0 Å². The summed E-state index contributed by atoms with van der Waals surface area (Å²) >= 11 is 0. The number of benzene rings is 1. The van der Waals surface area contributed by atoms with Crippen molar-refractivity contribution in [3.05, 3.63) is 66.5 Å². The van der Waals surface area contributed by atoms with Crippen molar-refractivity contribution < 1.29 is 4.79 Å². The number of pyridine rings is 1. The van der Waals surface area contributed by atoms with Crippen LogP contribution in [0.5, 0.6) is 0 Å². The summed E-state index contributed by atoms with van der Waals surface area (Å²) in [5.74, 6) is 0.578. The molecule has 1 aromatic heterocycles. The number of carbonyl (C=O) groups is 1. The number of hydrogen-bond acceptors (Lipinski definition) is 5. The van der Waals surface area contributed by atoms with Gasteiger partial charge in [0.2, 0.25) is 0 Å². The van der Waals surface area contributed by atoms with Gasteiger partial charge in [0.25, 0.3) is 5.91 Å². The number of rotatable bonds is 6. The van der Waals surface area contributed by atoms with Crippen molar-refractivity contribution in [2.75, 3.05) is 12.4 Å². The maximum Gasteiger partial charge on any atom is 0.261 e. The lowest BCUT2D eigenvalue weighted by molar-refractivity contribution is -0.131. The van der Waals surface area contributed by atoms with Crippen molar-refractivity contribution in [1.82, 2.24) is 9.88 Å². The number of anilines is 1. The van der Waals surface area contributed by atoms with Crippen molar-refractivity contribution in [3.63, 3.8) is 0 Å². The largest absolute Gasteiger partial charge is 0.381 e. The fraction of sp³-hybridized carbons (Fsp3) is 0.375. The van der Waals surface area contributed by atoms with Crippen LogP contribution in [0.15, 0.2) is 60.4 Å². The summed E-state index contributed by atoms with van der Waals surface area (Å²) in [6, 6.07) is 12.2. The zero-order chi connectivity index (χ0) is 21.1. The van der Waals surface area contributed by atoms with Gasteiger partial charge >= 0.3 is 0 Å². The molecule has 3 N–H and O–H groups in total. The molecule has 2 aliphatic rings. The monoisotopic (exact) mass is 403 g/mol. The van der Waals surface area contributed by atoms with Gasteiger partial charge in [-0.25, -0.2) is 4.99 Å². The first-order valence-electron chi connectivity index (χ1n) is 10.6. The van der Waals surface area contributed by atoms with Gasteiger partial charge in [0, 0.05) is 25.5 Å². The van der Waals surface area contributed by atoms with Gasteiger partial charge in [-0.05, 0) is 48.4 Å². The number of aliphatic imine (C=N–C) groups is 1. The lowest BCUT2D eigenvalue weighted by atomic mass is 9.73. The summed E-state index contributed by atoms with van der Waals surface area (Å²) in [5.41, 5.74) is 7.99. The van der Waals surface area contributed by atoms with Gasteiger partial charge in [0.1, 0.15) is 0 Å². The van der Waals surface area contributed by atoms with Gasteiger partial charge in [-0.3, -0.25) is 14.7 Å². The van der Waals surface area contributed by atoms with E-state index in [0.29, 0.717) is 18.4 Å². The van der Waals surface area contributed by atoms with E-state index in [1.54, 1.807) is 19.3 Å². The molecular formula is C24H29N5O. The third-order valence-corrected chi connectivity index (χ3v) is 6.33. The summed E-state index contributed by atoms with van der Waals surface area (Å²) in [7, 11) is 1.70. The average molecular weight is 404 g/mol. The Hall–Kier alpha value is -3.15. The Balaban J connectivity index is 1.61. The Labute approximate surface area is 177 Å². The molecular weight excluding hydrogens is 374 g/mol. The van der Waals surface area contributed by atoms with Crippen LogP contribution in [0.3, 0.4) is 0 Å². The predicted molar refractivity (Wildman–Crippen MR) is 121 cm³/mol. The summed E-state index contributed by atoms with van der Waals surface area (Å²) in [6.45, 7) is 3.94. The molecule has 3 atom stereocenters. The molecule has 2 heterocycles. The number of guanidine groups is 1. The standard InChI is InChI=1S/C24H29N5O/c1-3-18-9-4-5-12-21(18)24(22(30)29(2)23(25)28-24)15-17-8-6-10-19(14-17)27-20-11-7-13-26-16-20/h3-5,7,9,11-13,16-17,19,27H,1,6,8,10,14-15H2,2H3,(H2,25,28)/t17-,19+,24+/m0/s1. The first-order valence-corrected chi connectivity index (χ1v) is 10.6. The second-order valence-corrected chi connectivity index (χ2v) is 8.31. The third-order valence-electron chi connectivity index (χ3n) is 6.33. The minimum absolute atomic E-state index is 0.0587. The van der Waals surface area contributed by atoms with Gasteiger partial charge < -0.3 is 11.1 Å². The molecule has 2 aromatic rings. The van der Waals surface area contributed by atoms with E-state index in [-0.39, 0.29) is 11.9 Å². The van der Waals surface area contributed by atoms with Crippen molar-refractivity contribution in [2.24, 2.45) is 16.6 Å². The smallest absolute Gasteiger partial charge is 0.261 e. The van der Waals surface area contributed by atoms with Crippen molar-refractivity contribution >= 4 is 23.6 Å². The SMILES string of the molecule is C=Cc1ccccc1[C@@]1(C[C@H]2CCC[C@@H](Nc3cccnc3)C2)N=C(N)N(C)C1=O. The van der Waals surface area contributed by atoms with Crippen LogP contribution in [-0.4, -0.2) is 34.8 Å². The number of hydrogen-bond donors (Lipinski definition) is 2. The summed E-state index contributed by atoms with van der Waals surface area (Å²) in [4.78, 5) is 23.9. The number of amides is 1. The van der Waals surface area contributed by atoms with Gasteiger partial charge in [-0.15, -0.1) is 0 Å². The maximum absolute atomic E-state index is 13.4. The Kier molecular flexibility index (Phi) is 5.57. The molecule has 6 nitrogen and oxygen atoms in total. The second-order valence-electron chi connectivity index (χ2n) is 8.31. The van der Waals surface area contributed by atoms with Crippen molar-refractivity contribution in [3.8, 4) is 0 Å². The van der Waals surface area contributed by atoms with E-state index >= 15 is 0 Å². The zero-order valence-corrected chi connectivity index (χ0v) is 17.4. The van der Waals surface area contributed by atoms with E-state index in [1.807, 2.05) is 42.6 Å². The van der Waals surface area contributed by atoms with E-state index in [1.165, 1.54) is 4.90 Å². The topological polar surface area (TPSA) is 83.6 Å². The molecule has 1 aliphatic carbocycles. The summed E-state index contributed by atoms with van der Waals surface area (Å²) < 4.78 is 0. The van der Waals surface area contributed by atoms with E-state index in [2.05, 4.69) is 16.9 Å². The second kappa shape index (κ2) is 8.30. The van der Waals surface area contributed by atoms with Crippen LogP contribution in [0.2, 0.25) is 0 Å². The molecule has 0 spiro atoms. The molecule has 0 unspecified atom stereocenters. The van der Waals surface area contributed by atoms with Gasteiger partial charge in [0.05, 0.1) is 5.69 Å². The molecule has 1 aliphatic heterocycles. The van der Waals surface area contributed by atoms with E-state index in [0.717, 1.165) is 42.5 Å². The quantitative estimate of drug-likeness (QED) is 0.769. The highest BCUT2D eigenvalue weighted by Crippen LogP contribution is 2.43. The van der Waals surface area contributed by atoms with Crippen LogP contribution in [0.25, 0.3) is 6.08 Å². The molecule has 1 fully saturated rings. The highest BCUT2D eigenvalue weighted by atomic mass is 16.2. The molecule has 156 valence electrons. The van der Waals surface area contributed by atoms with Gasteiger partial charge in [0.15, 0.2) is 11.5 Å². The number of nitrogens with one attached hydrogen (secondary N) is 1. The lowest BCUT2D eigenvalue weighted by Gasteiger charge is -2.35. The Morgan fingerprint density at radius 3 is 2.83 bits per heavy atom. The molecule has 1 saturated carbocycles. The van der Waals surface area contributed by atoms with E-state index in [9.17, 15) is 4.79 Å². The number of likely N-dealkylation sites (N-methyl/N-ethyl adjacent to an activating group) is 1. The minimum atomic E-state index is -0.982. The molecule has 0 bridgehead atoms. The molecule has 6 heteroatoms. The van der Waals surface area contributed by atoms with Gasteiger partial charge in [-0.1, -0.05) is 49.8 Å². The average Bonchev–Trinajstić information content (AvgIpc) is 2.99. The fourth-order valence-corrected chi connectivity index (χ4v) is 4.88. The Bertz CT molecular complexity index is 957. The van der Waals surface area contributed by atoms with Crippen LogP contribution >= 0.6 is 0 Å². The normalized spacial score (nSPS) is 26.4. The van der Waals surface area contributed by atoms with Crippen LogP contribution in [0.4, 0.5) is 5.69 Å². The third kappa shape index (κ3) is 3.70. The summed E-state index contributed by atoms with van der Waals surface area (Å²) in [5, 5.41) is 3.60. The van der Waals surface area contributed by atoms with Crippen LogP contribution in [-0.2, 0) is 10.3 Å². The Morgan fingerprint density at radius 2 is 2.13 bits per heavy atom. The first-order chi connectivity index (χ1) is 14.5. The molecule has 0 radical (unpaired) electrons. The number of nitrogens with two attached hydrogens (primary N) is 1. The molecule has 1 amide bonds. The van der Waals surface area contributed by atoms with Crippen molar-refractivity contribution in [1.29, 1.82) is 0 Å². The Morgan fingerprint density at radius 1 is 1.30 bits per heavy atom. The number of aromatic nitrogens is 1. The van der Waals surface area contributed by atoms with Crippen molar-refractivity contribution in [2.45, 2.75) is 43.7 Å². The predicted octanol–water partition coefficient (Wildman–Crippen LogP) is 3.77. The molecule has 0 saturated heterocycles. The number of carbonyl (C=O) groups excluding carboxylic acids is 1. The summed E-state index contributed by atoms with van der Waals surface area (Å²) in [6.07, 6.45) is 10.4. The van der Waals surface area contributed by atoms with E-state index in [4.69, 9.17) is 10.7 Å². The van der Waals surface area contributed by atoms with Crippen LogP contribution < -0.4 is 11.1 Å².